The second-order valence-electron chi connectivity index (χ2n) is 6.74. The summed E-state index contributed by atoms with van der Waals surface area (Å²) < 4.78 is 5.46. The molecular weight excluding hydrogens is 328 g/mol. The predicted octanol–water partition coefficient (Wildman–Crippen LogP) is 3.76. The molecule has 1 N–H and O–H groups in total. The van der Waals surface area contributed by atoms with Gasteiger partial charge in [-0.25, -0.2) is 9.78 Å². The van der Waals surface area contributed by atoms with Crippen LogP contribution in [0.4, 0.5) is 0 Å². The summed E-state index contributed by atoms with van der Waals surface area (Å²) in [6.07, 6.45) is 6.55. The third-order valence-electron chi connectivity index (χ3n) is 4.14. The zero-order valence-corrected chi connectivity index (χ0v) is 15.0. The molecule has 1 aliphatic rings. The summed E-state index contributed by atoms with van der Waals surface area (Å²) in [5.41, 5.74) is 0.290. The normalized spacial score (nSPS) is 16.7. The van der Waals surface area contributed by atoms with E-state index >= 15 is 0 Å². The molecule has 0 saturated heterocycles. The molecule has 1 saturated carbocycles. The van der Waals surface area contributed by atoms with E-state index in [1.807, 2.05) is 13.8 Å². The molecule has 1 aliphatic carbocycles. The molecule has 132 valence electrons. The third-order valence-corrected chi connectivity index (χ3v) is 4.37. The summed E-state index contributed by atoms with van der Waals surface area (Å²) in [6, 6.07) is 3.26. The van der Waals surface area contributed by atoms with Crippen LogP contribution in [0.1, 0.15) is 62.7 Å². The number of hydrogen-bond donors (Lipinski definition) is 1. The summed E-state index contributed by atoms with van der Waals surface area (Å²) >= 11 is 5.72. The fraction of sp³-hybridized carbons (Fsp3) is 0.611. The molecule has 1 aromatic rings. The van der Waals surface area contributed by atoms with Crippen molar-refractivity contribution in [3.8, 4) is 0 Å². The molecule has 2 rings (SSSR count). The third kappa shape index (κ3) is 5.78. The second-order valence-corrected chi connectivity index (χ2v) is 7.12. The Morgan fingerprint density at radius 1 is 1.29 bits per heavy atom. The van der Waals surface area contributed by atoms with E-state index in [0.717, 1.165) is 25.7 Å². The maximum absolute atomic E-state index is 12.5. The first-order valence-electron chi connectivity index (χ1n) is 8.58. The number of esters is 1. The van der Waals surface area contributed by atoms with Crippen LogP contribution >= 0.6 is 11.6 Å². The van der Waals surface area contributed by atoms with E-state index in [1.165, 1.54) is 18.7 Å². The summed E-state index contributed by atoms with van der Waals surface area (Å²) in [7, 11) is 0. The van der Waals surface area contributed by atoms with Gasteiger partial charge in [0.2, 0.25) is 0 Å². The van der Waals surface area contributed by atoms with Crippen LogP contribution in [0.2, 0.25) is 5.15 Å². The quantitative estimate of drug-likeness (QED) is 0.625. The lowest BCUT2D eigenvalue weighted by Gasteiger charge is -2.26. The van der Waals surface area contributed by atoms with E-state index in [0.29, 0.717) is 17.1 Å². The number of nitrogens with zero attached hydrogens (tertiary/aromatic N) is 1. The van der Waals surface area contributed by atoms with Gasteiger partial charge in [0.05, 0.1) is 5.56 Å². The standard InChI is InChI=1S/C18H25ClN2O3/c1-12(2)10-15(17(22)21-14-6-4-3-5-7-14)24-18(23)13-8-9-16(19)20-11-13/h8-9,11-12,14-15H,3-7,10H2,1-2H3,(H,21,22)/t15-/m0/s1. The Hall–Kier alpha value is -1.62. The van der Waals surface area contributed by atoms with Crippen molar-refractivity contribution in [1.82, 2.24) is 10.3 Å². The predicted molar refractivity (Wildman–Crippen MR) is 92.9 cm³/mol. The van der Waals surface area contributed by atoms with E-state index in [4.69, 9.17) is 16.3 Å². The topological polar surface area (TPSA) is 68.3 Å². The van der Waals surface area contributed by atoms with Gasteiger partial charge in [-0.05, 0) is 37.3 Å². The summed E-state index contributed by atoms with van der Waals surface area (Å²) in [5, 5.41) is 3.34. The van der Waals surface area contributed by atoms with Crippen molar-refractivity contribution >= 4 is 23.5 Å². The number of halogens is 1. The zero-order chi connectivity index (χ0) is 17.5. The van der Waals surface area contributed by atoms with Crippen molar-refractivity contribution in [3.63, 3.8) is 0 Å². The monoisotopic (exact) mass is 352 g/mol. The summed E-state index contributed by atoms with van der Waals surface area (Å²) in [4.78, 5) is 28.7. The Balaban J connectivity index is 1.99. The molecule has 0 unspecified atom stereocenters. The van der Waals surface area contributed by atoms with E-state index in [1.54, 1.807) is 6.07 Å². The molecule has 5 nitrogen and oxygen atoms in total. The fourth-order valence-corrected chi connectivity index (χ4v) is 2.98. The number of nitrogens with one attached hydrogen (secondary N) is 1. The first-order chi connectivity index (χ1) is 11.5. The average Bonchev–Trinajstić information content (AvgIpc) is 2.55. The minimum Gasteiger partial charge on any atom is -0.449 e. The SMILES string of the molecule is CC(C)C[C@H](OC(=O)c1ccc(Cl)nc1)C(=O)NC1CCCCC1. The number of amides is 1. The Morgan fingerprint density at radius 3 is 2.58 bits per heavy atom. The Kier molecular flexibility index (Phi) is 7.03. The van der Waals surface area contributed by atoms with Gasteiger partial charge in [-0.1, -0.05) is 44.7 Å². The summed E-state index contributed by atoms with van der Waals surface area (Å²) in [6.45, 7) is 4.00. The highest BCUT2D eigenvalue weighted by molar-refractivity contribution is 6.29. The molecule has 0 bridgehead atoms. The Labute approximate surface area is 148 Å². The Bertz CT molecular complexity index is 554. The van der Waals surface area contributed by atoms with Crippen molar-refractivity contribution in [1.29, 1.82) is 0 Å². The van der Waals surface area contributed by atoms with E-state index in [9.17, 15) is 9.59 Å². The van der Waals surface area contributed by atoms with Crippen LogP contribution in [0, 0.1) is 5.92 Å². The molecule has 24 heavy (non-hydrogen) atoms. The van der Waals surface area contributed by atoms with E-state index in [-0.39, 0.29) is 17.9 Å². The molecule has 0 aromatic carbocycles. The number of ether oxygens (including phenoxy) is 1. The molecule has 1 heterocycles. The highest BCUT2D eigenvalue weighted by Crippen LogP contribution is 2.19. The number of carbonyl (C=O) groups excluding carboxylic acids is 2. The minimum atomic E-state index is -0.782. The maximum Gasteiger partial charge on any atom is 0.340 e. The highest BCUT2D eigenvalue weighted by atomic mass is 35.5. The maximum atomic E-state index is 12.5. The van der Waals surface area contributed by atoms with Crippen molar-refractivity contribution in [3.05, 3.63) is 29.0 Å². The molecule has 0 aliphatic heterocycles. The molecule has 1 atom stereocenters. The van der Waals surface area contributed by atoms with Gasteiger partial charge >= 0.3 is 5.97 Å². The lowest BCUT2D eigenvalue weighted by Crippen LogP contribution is -2.44. The molecule has 1 fully saturated rings. The van der Waals surface area contributed by atoms with Crippen LogP contribution in [-0.4, -0.2) is 29.0 Å². The number of rotatable bonds is 6. The lowest BCUT2D eigenvalue weighted by atomic mass is 9.95. The van der Waals surface area contributed by atoms with Crippen LogP contribution in [-0.2, 0) is 9.53 Å². The second kappa shape index (κ2) is 9.02. The Morgan fingerprint density at radius 2 is 2.00 bits per heavy atom. The van der Waals surface area contributed by atoms with Gasteiger partial charge in [0.1, 0.15) is 5.15 Å². The van der Waals surface area contributed by atoms with Crippen LogP contribution in [0.5, 0.6) is 0 Å². The van der Waals surface area contributed by atoms with Crippen molar-refractivity contribution in [2.75, 3.05) is 0 Å². The zero-order valence-electron chi connectivity index (χ0n) is 14.3. The van der Waals surface area contributed by atoms with Gasteiger partial charge in [0, 0.05) is 12.2 Å². The first kappa shape index (κ1) is 18.7. The molecule has 0 spiro atoms. The highest BCUT2D eigenvalue weighted by Gasteiger charge is 2.27. The molecule has 1 aromatic heterocycles. The molecular formula is C18H25ClN2O3. The minimum absolute atomic E-state index is 0.191. The lowest BCUT2D eigenvalue weighted by molar-refractivity contribution is -0.131. The molecule has 0 radical (unpaired) electrons. The number of pyridine rings is 1. The van der Waals surface area contributed by atoms with Gasteiger partial charge in [0.15, 0.2) is 6.10 Å². The van der Waals surface area contributed by atoms with Gasteiger partial charge in [-0.2, -0.15) is 0 Å². The van der Waals surface area contributed by atoms with Crippen molar-refractivity contribution < 1.29 is 14.3 Å². The largest absolute Gasteiger partial charge is 0.449 e. The van der Waals surface area contributed by atoms with Gasteiger partial charge in [0.25, 0.3) is 5.91 Å². The average molecular weight is 353 g/mol. The van der Waals surface area contributed by atoms with Crippen LogP contribution < -0.4 is 5.32 Å². The molecule has 1 amide bonds. The van der Waals surface area contributed by atoms with Crippen LogP contribution in [0.3, 0.4) is 0 Å². The smallest absolute Gasteiger partial charge is 0.340 e. The van der Waals surface area contributed by atoms with Crippen LogP contribution in [0.25, 0.3) is 0 Å². The van der Waals surface area contributed by atoms with Crippen LogP contribution in [0.15, 0.2) is 18.3 Å². The number of aromatic nitrogens is 1. The van der Waals surface area contributed by atoms with E-state index < -0.39 is 12.1 Å². The van der Waals surface area contributed by atoms with Gasteiger partial charge in [-0.15, -0.1) is 0 Å². The molecule has 6 heteroatoms. The van der Waals surface area contributed by atoms with Crippen molar-refractivity contribution in [2.45, 2.75) is 64.5 Å². The first-order valence-corrected chi connectivity index (χ1v) is 8.96. The number of hydrogen-bond acceptors (Lipinski definition) is 4. The summed E-state index contributed by atoms with van der Waals surface area (Å²) in [5.74, 6) is -0.516. The van der Waals surface area contributed by atoms with Crippen molar-refractivity contribution in [2.24, 2.45) is 5.92 Å². The fourth-order valence-electron chi connectivity index (χ4n) is 2.87. The van der Waals surface area contributed by atoms with E-state index in [2.05, 4.69) is 10.3 Å². The number of carbonyl (C=O) groups is 2. The van der Waals surface area contributed by atoms with Gasteiger partial charge < -0.3 is 10.1 Å². The van der Waals surface area contributed by atoms with Gasteiger partial charge in [-0.3, -0.25) is 4.79 Å².